The molecule has 224 valence electrons. The Labute approximate surface area is 252 Å². The van der Waals surface area contributed by atoms with Crippen molar-refractivity contribution in [2.45, 2.75) is 73.1 Å². The topological polar surface area (TPSA) is 88.4 Å². The summed E-state index contributed by atoms with van der Waals surface area (Å²) in [5, 5.41) is 9.95. The molecule has 0 aromatic heterocycles. The molecule has 6 nitrogen and oxygen atoms in total. The van der Waals surface area contributed by atoms with Crippen molar-refractivity contribution >= 4 is 33.2 Å². The molecule has 0 aliphatic rings. The van der Waals surface area contributed by atoms with E-state index < -0.39 is 15.4 Å². The number of allylic oxidation sites excluding steroid dienone is 1. The fourth-order valence-electron chi connectivity index (χ4n) is 3.33. The predicted octanol–water partition coefficient (Wildman–Crippen LogP) is 8.25. The Morgan fingerprint density at radius 2 is 1.68 bits per heavy atom. The first-order valence-corrected chi connectivity index (χ1v) is 16.5. The van der Waals surface area contributed by atoms with Crippen molar-refractivity contribution < 1.29 is 17.9 Å². The lowest BCUT2D eigenvalue weighted by Gasteiger charge is -2.27. The molecule has 0 fully saturated rings. The summed E-state index contributed by atoms with van der Waals surface area (Å²) in [6.07, 6.45) is 6.28. The van der Waals surface area contributed by atoms with E-state index in [0.29, 0.717) is 47.5 Å². The van der Waals surface area contributed by atoms with Gasteiger partial charge in [-0.25, -0.2) is 13.1 Å². The summed E-state index contributed by atoms with van der Waals surface area (Å²) in [5.41, 5.74) is 2.85. The van der Waals surface area contributed by atoms with Gasteiger partial charge in [0.2, 0.25) is 10.0 Å². The number of rotatable bonds is 13. The lowest BCUT2D eigenvalue weighted by molar-refractivity contribution is 0.341. The number of alkyl halides is 1. The normalized spacial score (nSPS) is 11.4. The van der Waals surface area contributed by atoms with E-state index in [0.717, 1.165) is 23.0 Å². The molecule has 1 N–H and O–H groups in total. The van der Waals surface area contributed by atoms with Crippen LogP contribution in [-0.2, 0) is 15.4 Å². The predicted molar refractivity (Wildman–Crippen MR) is 170 cm³/mol. The van der Waals surface area contributed by atoms with E-state index in [1.165, 1.54) is 12.8 Å². The van der Waals surface area contributed by atoms with Gasteiger partial charge in [-0.3, -0.25) is 0 Å². The molecule has 0 saturated carbocycles. The second-order valence-electron chi connectivity index (χ2n) is 9.29. The third-order valence-corrected chi connectivity index (χ3v) is 7.09. The van der Waals surface area contributed by atoms with Gasteiger partial charge in [-0.15, -0.1) is 11.6 Å². The van der Waals surface area contributed by atoms with Crippen LogP contribution in [0.3, 0.4) is 0 Å². The largest absolute Gasteiger partial charge is 0.489 e. The number of sulfonamides is 1. The van der Waals surface area contributed by atoms with Gasteiger partial charge >= 0.3 is 0 Å². The number of unbranched alkanes of at least 4 members (excludes halogenated alkanes) is 1. The smallest absolute Gasteiger partial charge is 0.208 e. The molecule has 0 spiro atoms. The molecule has 9 heteroatoms. The maximum atomic E-state index is 11.2. The number of nitriles is 1. The molecule has 0 bridgehead atoms. The fraction of sp³-hybridized carbons (Fsp3) is 0.516. The Balaban J connectivity index is 0.00000232. The van der Waals surface area contributed by atoms with E-state index in [2.05, 4.69) is 38.5 Å². The van der Waals surface area contributed by atoms with Crippen molar-refractivity contribution in [3.63, 3.8) is 0 Å². The third-order valence-electron chi connectivity index (χ3n) is 5.93. The minimum atomic E-state index is -3.21. The van der Waals surface area contributed by atoms with Crippen LogP contribution in [0, 0.1) is 11.3 Å². The first-order valence-electron chi connectivity index (χ1n) is 13.7. The molecular formula is C31H46Cl2N2O4S. The van der Waals surface area contributed by atoms with E-state index in [1.807, 2.05) is 57.2 Å². The van der Waals surface area contributed by atoms with Crippen LogP contribution in [-0.4, -0.2) is 40.3 Å². The minimum absolute atomic E-state index is 0.267. The molecule has 0 atom stereocenters. The van der Waals surface area contributed by atoms with Gasteiger partial charge in [-0.2, -0.15) is 5.26 Å². The first kappa shape index (κ1) is 37.8. The summed E-state index contributed by atoms with van der Waals surface area (Å²) in [4.78, 5) is 0. The Morgan fingerprint density at radius 1 is 1.07 bits per heavy atom. The van der Waals surface area contributed by atoms with Crippen LogP contribution >= 0.6 is 23.2 Å². The number of hydrogen-bond donors (Lipinski definition) is 1. The van der Waals surface area contributed by atoms with Gasteiger partial charge in [0.05, 0.1) is 22.7 Å². The summed E-state index contributed by atoms with van der Waals surface area (Å²) in [6, 6.07) is 13.5. The number of hydrogen-bond acceptors (Lipinski definition) is 5. The van der Waals surface area contributed by atoms with E-state index in [1.54, 1.807) is 6.07 Å². The summed E-state index contributed by atoms with van der Waals surface area (Å²) in [5.74, 6) is 1.35. The Hall–Kier alpha value is -2.24. The summed E-state index contributed by atoms with van der Waals surface area (Å²) in [7, 11) is -3.21. The second-order valence-corrected chi connectivity index (χ2v) is 11.9. The third kappa shape index (κ3) is 13.4. The zero-order chi connectivity index (χ0) is 30.8. The highest BCUT2D eigenvalue weighted by molar-refractivity contribution is 7.88. The molecule has 0 heterocycles. The zero-order valence-corrected chi connectivity index (χ0v) is 27.6. The van der Waals surface area contributed by atoms with Crippen molar-refractivity contribution in [3.05, 3.63) is 69.8 Å². The highest BCUT2D eigenvalue weighted by atomic mass is 35.5. The fourth-order valence-corrected chi connectivity index (χ4v) is 4.16. The van der Waals surface area contributed by atoms with Crippen LogP contribution in [0.4, 0.5) is 0 Å². The highest BCUT2D eigenvalue weighted by Gasteiger charge is 2.26. The van der Waals surface area contributed by atoms with Crippen LogP contribution < -0.4 is 14.2 Å². The van der Waals surface area contributed by atoms with E-state index in [-0.39, 0.29) is 6.61 Å². The van der Waals surface area contributed by atoms with Crippen molar-refractivity contribution in [1.29, 1.82) is 5.26 Å². The highest BCUT2D eigenvalue weighted by Crippen LogP contribution is 2.38. The number of benzene rings is 2. The van der Waals surface area contributed by atoms with Gasteiger partial charge in [-0.1, -0.05) is 84.2 Å². The van der Waals surface area contributed by atoms with Gasteiger partial charge in [0.15, 0.2) is 5.75 Å². The molecule has 0 aliphatic carbocycles. The number of nitrogens with one attached hydrogen (secondary N) is 1. The summed E-state index contributed by atoms with van der Waals surface area (Å²) in [6.45, 7) is 15.3. The van der Waals surface area contributed by atoms with Gasteiger partial charge in [0.25, 0.3) is 0 Å². The maximum absolute atomic E-state index is 11.2. The SMILES string of the molecule is C/C=C(\CCNS(C)(=O)=O)COc1ccc(C(C)(C)c2cc(Cl)c(OCCCl)c(C#N)c2)cc1.CC.CCCC. The van der Waals surface area contributed by atoms with Crippen LogP contribution in [0.15, 0.2) is 48.0 Å². The zero-order valence-electron chi connectivity index (χ0n) is 25.2. The maximum Gasteiger partial charge on any atom is 0.208 e. The summed E-state index contributed by atoms with van der Waals surface area (Å²) < 4.78 is 36.3. The number of ether oxygens (including phenoxy) is 2. The van der Waals surface area contributed by atoms with Gasteiger partial charge in [0.1, 0.15) is 25.0 Å². The van der Waals surface area contributed by atoms with Crippen molar-refractivity contribution in [2.75, 3.05) is 31.9 Å². The molecule has 0 saturated heterocycles. The van der Waals surface area contributed by atoms with Gasteiger partial charge < -0.3 is 9.47 Å². The van der Waals surface area contributed by atoms with E-state index >= 15 is 0 Å². The van der Waals surface area contributed by atoms with Crippen LogP contribution in [0.5, 0.6) is 11.5 Å². The van der Waals surface area contributed by atoms with Crippen LogP contribution in [0.2, 0.25) is 5.02 Å². The van der Waals surface area contributed by atoms with Crippen molar-refractivity contribution in [2.24, 2.45) is 0 Å². The van der Waals surface area contributed by atoms with E-state index in [4.69, 9.17) is 32.7 Å². The average Bonchev–Trinajstić information content (AvgIpc) is 2.94. The average molecular weight is 614 g/mol. The number of halogens is 2. The molecule has 2 rings (SSSR count). The van der Waals surface area contributed by atoms with Crippen molar-refractivity contribution in [3.8, 4) is 17.6 Å². The van der Waals surface area contributed by atoms with Gasteiger partial charge in [-0.05, 0) is 54.3 Å². The second kappa shape index (κ2) is 19.8. The minimum Gasteiger partial charge on any atom is -0.489 e. The first-order chi connectivity index (χ1) is 18.9. The molecule has 2 aromatic rings. The Bertz CT molecular complexity index is 1190. The molecule has 0 amide bonds. The monoisotopic (exact) mass is 612 g/mol. The molecule has 0 radical (unpaired) electrons. The van der Waals surface area contributed by atoms with Gasteiger partial charge in [0, 0.05) is 12.0 Å². The molecule has 0 unspecified atom stereocenters. The lowest BCUT2D eigenvalue weighted by atomic mass is 9.77. The Morgan fingerprint density at radius 3 is 2.15 bits per heavy atom. The van der Waals surface area contributed by atoms with Crippen LogP contribution in [0.1, 0.15) is 84.4 Å². The number of nitrogens with zero attached hydrogens (tertiary/aromatic N) is 1. The van der Waals surface area contributed by atoms with E-state index in [9.17, 15) is 13.7 Å². The standard InChI is InChI=1S/C25H30Cl2N2O4S.C4H10.C2H6/c1-5-18(10-12-29-34(4,30)31)17-33-22-8-6-20(7-9-22)25(2,3)21-14-19(16-28)24(23(27)15-21)32-13-11-26;1-3-4-2;1-2/h5-9,14-15,29H,10-13,17H2,1-4H3;3-4H2,1-2H3;1-2H3/b18-5+;;. The van der Waals surface area contributed by atoms with Crippen LogP contribution in [0.25, 0.3) is 0 Å². The lowest BCUT2D eigenvalue weighted by Crippen LogP contribution is -2.23. The molecule has 40 heavy (non-hydrogen) atoms. The molecule has 0 aliphatic heterocycles. The Kier molecular flexibility index (Phi) is 18.7. The van der Waals surface area contributed by atoms with Crippen molar-refractivity contribution in [1.82, 2.24) is 4.72 Å². The molecular weight excluding hydrogens is 567 g/mol. The summed E-state index contributed by atoms with van der Waals surface area (Å²) >= 11 is 12.1. The quantitative estimate of drug-likeness (QED) is 0.182. The molecule has 2 aromatic carbocycles.